The van der Waals surface area contributed by atoms with Crippen molar-refractivity contribution in [3.05, 3.63) is 35.9 Å². The Balaban J connectivity index is 1.92. The molecule has 0 radical (unpaired) electrons. The molecule has 0 amide bonds. The molecule has 0 aliphatic carbocycles. The van der Waals surface area contributed by atoms with Crippen molar-refractivity contribution in [2.24, 2.45) is 11.7 Å². The number of aryl methyl sites for hydroxylation is 1. The van der Waals surface area contributed by atoms with Crippen LogP contribution in [-0.2, 0) is 6.42 Å². The first kappa shape index (κ1) is 14.5. The molecule has 1 fully saturated rings. The Morgan fingerprint density at radius 3 is 2.63 bits per heavy atom. The normalized spacial score (nSPS) is 26.3. The van der Waals surface area contributed by atoms with Crippen LogP contribution in [0.3, 0.4) is 0 Å². The molecule has 2 nitrogen and oxygen atoms in total. The summed E-state index contributed by atoms with van der Waals surface area (Å²) in [4.78, 5) is 2.65. The second kappa shape index (κ2) is 7.06. The molecule has 0 spiro atoms. The highest BCUT2D eigenvalue weighted by molar-refractivity contribution is 5.14. The highest BCUT2D eigenvalue weighted by Gasteiger charge is 2.27. The van der Waals surface area contributed by atoms with Gasteiger partial charge in [-0.25, -0.2) is 0 Å². The Bertz CT molecular complexity index is 363. The predicted octanol–water partition coefficient (Wildman–Crippen LogP) is 3.07. The summed E-state index contributed by atoms with van der Waals surface area (Å²) in [5.74, 6) is 0.821. The van der Waals surface area contributed by atoms with Gasteiger partial charge in [-0.1, -0.05) is 37.3 Å². The molecule has 0 bridgehead atoms. The second-order valence-electron chi connectivity index (χ2n) is 6.14. The van der Waals surface area contributed by atoms with Gasteiger partial charge < -0.3 is 5.73 Å². The monoisotopic (exact) mass is 260 g/mol. The van der Waals surface area contributed by atoms with Crippen LogP contribution in [0.15, 0.2) is 30.3 Å². The molecule has 0 saturated carbocycles. The molecule has 1 saturated heterocycles. The number of piperidine rings is 1. The number of benzene rings is 1. The molecule has 1 aliphatic rings. The fourth-order valence-electron chi connectivity index (χ4n) is 3.23. The van der Waals surface area contributed by atoms with Crippen molar-refractivity contribution in [2.75, 3.05) is 13.1 Å². The lowest BCUT2D eigenvalue weighted by atomic mass is 9.92. The predicted molar refractivity (Wildman–Crippen MR) is 82.2 cm³/mol. The lowest BCUT2D eigenvalue weighted by molar-refractivity contribution is 0.0760. The fraction of sp³-hybridized carbons (Fsp3) is 0.647. The second-order valence-corrected chi connectivity index (χ2v) is 6.14. The number of nitrogens with two attached hydrogens (primary N) is 1. The van der Waals surface area contributed by atoms with Gasteiger partial charge in [-0.05, 0) is 44.1 Å². The minimum Gasteiger partial charge on any atom is -0.329 e. The van der Waals surface area contributed by atoms with Crippen molar-refractivity contribution >= 4 is 0 Å². The maximum absolute atomic E-state index is 6.03. The summed E-state index contributed by atoms with van der Waals surface area (Å²) in [5, 5.41) is 0. The van der Waals surface area contributed by atoms with Gasteiger partial charge in [-0.2, -0.15) is 0 Å². The van der Waals surface area contributed by atoms with Crippen molar-refractivity contribution in [3.8, 4) is 0 Å². The molecule has 1 aliphatic heterocycles. The molecule has 1 heterocycles. The van der Waals surface area contributed by atoms with Crippen molar-refractivity contribution in [3.63, 3.8) is 0 Å². The summed E-state index contributed by atoms with van der Waals surface area (Å²) in [6.45, 7) is 6.72. The van der Waals surface area contributed by atoms with E-state index in [4.69, 9.17) is 5.73 Å². The molecule has 19 heavy (non-hydrogen) atoms. The van der Waals surface area contributed by atoms with E-state index in [1.807, 2.05) is 0 Å². The van der Waals surface area contributed by atoms with Crippen LogP contribution >= 0.6 is 0 Å². The lowest BCUT2D eigenvalue weighted by Crippen LogP contribution is -2.50. The summed E-state index contributed by atoms with van der Waals surface area (Å²) in [7, 11) is 0. The summed E-state index contributed by atoms with van der Waals surface area (Å²) in [6.07, 6.45) is 5.01. The van der Waals surface area contributed by atoms with E-state index in [9.17, 15) is 0 Å². The Labute approximate surface area is 118 Å². The minimum atomic E-state index is 0.540. The lowest BCUT2D eigenvalue weighted by Gasteiger charge is -2.42. The van der Waals surface area contributed by atoms with Crippen molar-refractivity contribution in [1.82, 2.24) is 4.90 Å². The number of rotatable bonds is 5. The van der Waals surface area contributed by atoms with Gasteiger partial charge in [0.15, 0.2) is 0 Å². The molecule has 3 atom stereocenters. The van der Waals surface area contributed by atoms with Crippen LogP contribution in [0.1, 0.15) is 38.7 Å². The first-order chi connectivity index (χ1) is 9.20. The van der Waals surface area contributed by atoms with Crippen LogP contribution in [0.4, 0.5) is 0 Å². The van der Waals surface area contributed by atoms with E-state index in [0.29, 0.717) is 12.1 Å². The van der Waals surface area contributed by atoms with E-state index in [-0.39, 0.29) is 0 Å². The maximum atomic E-state index is 6.03. The van der Waals surface area contributed by atoms with E-state index in [0.717, 1.165) is 18.9 Å². The zero-order chi connectivity index (χ0) is 13.7. The van der Waals surface area contributed by atoms with Gasteiger partial charge in [-0.15, -0.1) is 0 Å². The molecular formula is C17H28N2. The smallest absolute Gasteiger partial charge is 0.0224 e. The number of likely N-dealkylation sites (tertiary alicyclic amines) is 1. The van der Waals surface area contributed by atoms with E-state index in [2.05, 4.69) is 49.1 Å². The SMILES string of the molecule is CC1CCC(C)N(C(CN)CCc2ccccc2)C1. The molecule has 1 aromatic rings. The van der Waals surface area contributed by atoms with Gasteiger partial charge in [0.2, 0.25) is 0 Å². The topological polar surface area (TPSA) is 29.3 Å². The third-order valence-corrected chi connectivity index (χ3v) is 4.52. The van der Waals surface area contributed by atoms with Crippen molar-refractivity contribution < 1.29 is 0 Å². The largest absolute Gasteiger partial charge is 0.329 e. The first-order valence-corrected chi connectivity index (χ1v) is 7.70. The standard InChI is InChI=1S/C17H28N2/c1-14-8-9-15(2)19(13-14)17(12-18)11-10-16-6-4-3-5-7-16/h3-7,14-15,17H,8-13,18H2,1-2H3. The molecule has 2 rings (SSSR count). The molecule has 2 heteroatoms. The van der Waals surface area contributed by atoms with Crippen LogP contribution in [0, 0.1) is 5.92 Å². The molecule has 106 valence electrons. The quantitative estimate of drug-likeness (QED) is 0.881. The zero-order valence-corrected chi connectivity index (χ0v) is 12.4. The number of nitrogens with zero attached hydrogens (tertiary/aromatic N) is 1. The average molecular weight is 260 g/mol. The van der Waals surface area contributed by atoms with Gasteiger partial charge in [0.25, 0.3) is 0 Å². The average Bonchev–Trinajstić information content (AvgIpc) is 2.44. The van der Waals surface area contributed by atoms with E-state index >= 15 is 0 Å². The highest BCUT2D eigenvalue weighted by Crippen LogP contribution is 2.24. The van der Waals surface area contributed by atoms with Gasteiger partial charge in [0.05, 0.1) is 0 Å². The molecular weight excluding hydrogens is 232 g/mol. The van der Waals surface area contributed by atoms with Crippen LogP contribution in [0.5, 0.6) is 0 Å². The van der Waals surface area contributed by atoms with Gasteiger partial charge in [0.1, 0.15) is 0 Å². The van der Waals surface area contributed by atoms with Crippen LogP contribution in [0.25, 0.3) is 0 Å². The van der Waals surface area contributed by atoms with E-state index in [1.165, 1.54) is 31.4 Å². The molecule has 3 unspecified atom stereocenters. The van der Waals surface area contributed by atoms with Crippen LogP contribution in [0.2, 0.25) is 0 Å². The Morgan fingerprint density at radius 2 is 1.95 bits per heavy atom. The Hall–Kier alpha value is -0.860. The van der Waals surface area contributed by atoms with Gasteiger partial charge >= 0.3 is 0 Å². The van der Waals surface area contributed by atoms with Crippen molar-refractivity contribution in [1.29, 1.82) is 0 Å². The summed E-state index contributed by atoms with van der Waals surface area (Å²) in [5.41, 5.74) is 7.46. The number of hydrogen-bond donors (Lipinski definition) is 1. The summed E-state index contributed by atoms with van der Waals surface area (Å²) >= 11 is 0. The Kier molecular flexibility index (Phi) is 5.41. The van der Waals surface area contributed by atoms with Gasteiger partial charge in [-0.3, -0.25) is 4.90 Å². The highest BCUT2D eigenvalue weighted by atomic mass is 15.2. The van der Waals surface area contributed by atoms with Gasteiger partial charge in [0, 0.05) is 25.2 Å². The molecule has 0 aromatic heterocycles. The molecule has 1 aromatic carbocycles. The first-order valence-electron chi connectivity index (χ1n) is 7.70. The van der Waals surface area contributed by atoms with E-state index < -0.39 is 0 Å². The third kappa shape index (κ3) is 4.05. The fourth-order valence-corrected chi connectivity index (χ4v) is 3.23. The van der Waals surface area contributed by atoms with Crippen LogP contribution in [-0.4, -0.2) is 30.1 Å². The van der Waals surface area contributed by atoms with E-state index in [1.54, 1.807) is 0 Å². The number of hydrogen-bond acceptors (Lipinski definition) is 2. The maximum Gasteiger partial charge on any atom is 0.0224 e. The summed E-state index contributed by atoms with van der Waals surface area (Å²) < 4.78 is 0. The third-order valence-electron chi connectivity index (χ3n) is 4.52. The zero-order valence-electron chi connectivity index (χ0n) is 12.4. The van der Waals surface area contributed by atoms with Crippen molar-refractivity contribution in [2.45, 2.75) is 51.6 Å². The Morgan fingerprint density at radius 1 is 1.21 bits per heavy atom. The molecule has 2 N–H and O–H groups in total. The minimum absolute atomic E-state index is 0.540. The van der Waals surface area contributed by atoms with Crippen LogP contribution < -0.4 is 5.73 Å². The summed E-state index contributed by atoms with van der Waals surface area (Å²) in [6, 6.07) is 12.0.